The number of benzene rings is 2. The number of carboxylic acids is 1. The van der Waals surface area contributed by atoms with Crippen LogP contribution in [0.25, 0.3) is 0 Å². The van der Waals surface area contributed by atoms with E-state index in [-0.39, 0.29) is 29.8 Å². The van der Waals surface area contributed by atoms with E-state index in [0.717, 1.165) is 6.42 Å². The Kier molecular flexibility index (Phi) is 7.11. The zero-order valence-corrected chi connectivity index (χ0v) is 15.5. The molecule has 1 unspecified atom stereocenters. The van der Waals surface area contributed by atoms with Crippen LogP contribution in [0.2, 0.25) is 0 Å². The van der Waals surface area contributed by atoms with Crippen LogP contribution in [0.3, 0.4) is 0 Å². The normalized spacial score (nSPS) is 11.5. The van der Waals surface area contributed by atoms with Gasteiger partial charge in [-0.1, -0.05) is 31.2 Å². The standard InChI is InChI=1S/C21H24N2O4/c1-3-12-23(20(25)16-8-7-9-17(14-16)21(26)27)15(2)13-19(24)22-18-10-5-4-6-11-18/h4-11,14-15H,3,12-13H2,1-2H3,(H,22,24)(H,26,27). The molecule has 2 aromatic rings. The van der Waals surface area contributed by atoms with Crippen LogP contribution in [-0.4, -0.2) is 40.4 Å². The van der Waals surface area contributed by atoms with Gasteiger partial charge in [0.25, 0.3) is 5.91 Å². The average molecular weight is 368 g/mol. The van der Waals surface area contributed by atoms with E-state index in [1.165, 1.54) is 12.1 Å². The summed E-state index contributed by atoms with van der Waals surface area (Å²) in [5.41, 5.74) is 1.07. The van der Waals surface area contributed by atoms with Crippen molar-refractivity contribution < 1.29 is 19.5 Å². The van der Waals surface area contributed by atoms with Crippen molar-refractivity contribution in [2.45, 2.75) is 32.7 Å². The molecule has 0 saturated carbocycles. The van der Waals surface area contributed by atoms with Crippen molar-refractivity contribution in [3.63, 3.8) is 0 Å². The number of carbonyl (C=O) groups is 3. The van der Waals surface area contributed by atoms with Gasteiger partial charge in [0, 0.05) is 30.3 Å². The Hall–Kier alpha value is -3.15. The number of para-hydroxylation sites is 1. The third-order valence-electron chi connectivity index (χ3n) is 4.15. The molecule has 2 rings (SSSR count). The van der Waals surface area contributed by atoms with E-state index >= 15 is 0 Å². The SMILES string of the molecule is CCCN(C(=O)c1cccc(C(=O)O)c1)C(C)CC(=O)Nc1ccccc1. The second kappa shape index (κ2) is 9.52. The molecule has 2 aromatic carbocycles. The molecule has 0 spiro atoms. The number of nitrogens with zero attached hydrogens (tertiary/aromatic N) is 1. The van der Waals surface area contributed by atoms with Crippen LogP contribution in [0.15, 0.2) is 54.6 Å². The third-order valence-corrected chi connectivity index (χ3v) is 4.15. The van der Waals surface area contributed by atoms with Crippen molar-refractivity contribution in [2.24, 2.45) is 0 Å². The van der Waals surface area contributed by atoms with E-state index in [0.29, 0.717) is 17.8 Å². The van der Waals surface area contributed by atoms with Crippen molar-refractivity contribution in [2.75, 3.05) is 11.9 Å². The molecule has 0 bridgehead atoms. The predicted octanol–water partition coefficient (Wildman–Crippen LogP) is 3.65. The van der Waals surface area contributed by atoms with Gasteiger partial charge in [-0.05, 0) is 43.7 Å². The molecule has 2 N–H and O–H groups in total. The third kappa shape index (κ3) is 5.67. The van der Waals surface area contributed by atoms with Crippen LogP contribution in [0, 0.1) is 0 Å². The lowest BCUT2D eigenvalue weighted by Crippen LogP contribution is -2.41. The summed E-state index contributed by atoms with van der Waals surface area (Å²) in [5.74, 6) is -1.54. The monoisotopic (exact) mass is 368 g/mol. The van der Waals surface area contributed by atoms with Crippen LogP contribution in [-0.2, 0) is 4.79 Å². The van der Waals surface area contributed by atoms with Crippen LogP contribution in [0.4, 0.5) is 5.69 Å². The van der Waals surface area contributed by atoms with Gasteiger partial charge in [0.05, 0.1) is 5.56 Å². The Balaban J connectivity index is 2.10. The molecular weight excluding hydrogens is 344 g/mol. The second-order valence-corrected chi connectivity index (χ2v) is 6.35. The van der Waals surface area contributed by atoms with Crippen LogP contribution < -0.4 is 5.32 Å². The van der Waals surface area contributed by atoms with Crippen molar-refractivity contribution in [1.82, 2.24) is 4.90 Å². The fourth-order valence-electron chi connectivity index (χ4n) is 2.83. The van der Waals surface area contributed by atoms with Gasteiger partial charge < -0.3 is 15.3 Å². The average Bonchev–Trinajstić information content (AvgIpc) is 2.66. The lowest BCUT2D eigenvalue weighted by molar-refractivity contribution is -0.117. The van der Waals surface area contributed by atoms with Crippen molar-refractivity contribution in [3.05, 3.63) is 65.7 Å². The lowest BCUT2D eigenvalue weighted by Gasteiger charge is -2.29. The van der Waals surface area contributed by atoms with Gasteiger partial charge >= 0.3 is 5.97 Å². The summed E-state index contributed by atoms with van der Waals surface area (Å²) in [7, 11) is 0. The summed E-state index contributed by atoms with van der Waals surface area (Å²) in [6, 6.07) is 14.8. The molecule has 0 aliphatic heterocycles. The molecule has 0 aliphatic rings. The fourth-order valence-corrected chi connectivity index (χ4v) is 2.83. The van der Waals surface area contributed by atoms with Gasteiger partial charge in [0.1, 0.15) is 0 Å². The minimum atomic E-state index is -1.08. The van der Waals surface area contributed by atoms with E-state index in [1.807, 2.05) is 32.0 Å². The van der Waals surface area contributed by atoms with Gasteiger partial charge in [0.15, 0.2) is 0 Å². The molecule has 27 heavy (non-hydrogen) atoms. The van der Waals surface area contributed by atoms with Gasteiger partial charge in [-0.2, -0.15) is 0 Å². The van der Waals surface area contributed by atoms with Crippen molar-refractivity contribution in [3.8, 4) is 0 Å². The molecule has 0 heterocycles. The van der Waals surface area contributed by atoms with E-state index in [1.54, 1.807) is 29.2 Å². The smallest absolute Gasteiger partial charge is 0.335 e. The van der Waals surface area contributed by atoms with Gasteiger partial charge in [-0.15, -0.1) is 0 Å². The molecule has 0 fully saturated rings. The molecule has 2 amide bonds. The number of aromatic carboxylic acids is 1. The van der Waals surface area contributed by atoms with E-state index < -0.39 is 5.97 Å². The quantitative estimate of drug-likeness (QED) is 0.744. The minimum absolute atomic E-state index is 0.0618. The van der Waals surface area contributed by atoms with Gasteiger partial charge in [-0.25, -0.2) is 4.79 Å². The Morgan fingerprint density at radius 1 is 1.04 bits per heavy atom. The summed E-state index contributed by atoms with van der Waals surface area (Å²) in [6.45, 7) is 4.25. The molecular formula is C21H24N2O4. The first-order chi connectivity index (χ1) is 12.9. The molecule has 0 radical (unpaired) electrons. The molecule has 6 nitrogen and oxygen atoms in total. The Labute approximate surface area is 158 Å². The number of hydrogen-bond acceptors (Lipinski definition) is 3. The van der Waals surface area contributed by atoms with E-state index in [4.69, 9.17) is 5.11 Å². The number of carboxylic acid groups (broad SMARTS) is 1. The molecule has 0 aromatic heterocycles. The number of carbonyl (C=O) groups excluding carboxylic acids is 2. The highest BCUT2D eigenvalue weighted by Crippen LogP contribution is 2.15. The lowest BCUT2D eigenvalue weighted by atomic mass is 10.1. The molecule has 6 heteroatoms. The Morgan fingerprint density at radius 2 is 1.70 bits per heavy atom. The van der Waals surface area contributed by atoms with E-state index in [2.05, 4.69) is 5.32 Å². The number of rotatable bonds is 8. The van der Waals surface area contributed by atoms with E-state index in [9.17, 15) is 14.4 Å². The summed E-state index contributed by atoms with van der Waals surface area (Å²) in [5, 5.41) is 11.9. The van der Waals surface area contributed by atoms with Gasteiger partial charge in [-0.3, -0.25) is 9.59 Å². The van der Waals surface area contributed by atoms with Crippen LogP contribution in [0.1, 0.15) is 47.4 Å². The number of amides is 2. The molecule has 0 aliphatic carbocycles. The summed E-state index contributed by atoms with van der Waals surface area (Å²) in [6.07, 6.45) is 0.883. The molecule has 1 atom stereocenters. The predicted molar refractivity (Wildman–Crippen MR) is 104 cm³/mol. The summed E-state index contributed by atoms with van der Waals surface area (Å²) in [4.78, 5) is 38.0. The summed E-state index contributed by atoms with van der Waals surface area (Å²) < 4.78 is 0. The van der Waals surface area contributed by atoms with Crippen molar-refractivity contribution >= 4 is 23.5 Å². The first-order valence-electron chi connectivity index (χ1n) is 8.91. The highest BCUT2D eigenvalue weighted by atomic mass is 16.4. The zero-order chi connectivity index (χ0) is 19.8. The first kappa shape index (κ1) is 20.2. The maximum atomic E-state index is 12.9. The maximum Gasteiger partial charge on any atom is 0.335 e. The summed E-state index contributed by atoms with van der Waals surface area (Å²) >= 11 is 0. The minimum Gasteiger partial charge on any atom is -0.478 e. The van der Waals surface area contributed by atoms with Crippen LogP contribution in [0.5, 0.6) is 0 Å². The van der Waals surface area contributed by atoms with Crippen LogP contribution >= 0.6 is 0 Å². The zero-order valence-electron chi connectivity index (χ0n) is 15.5. The maximum absolute atomic E-state index is 12.9. The Morgan fingerprint density at radius 3 is 2.33 bits per heavy atom. The van der Waals surface area contributed by atoms with Crippen molar-refractivity contribution in [1.29, 1.82) is 0 Å². The molecule has 142 valence electrons. The largest absolute Gasteiger partial charge is 0.478 e. The highest BCUT2D eigenvalue weighted by molar-refractivity contribution is 5.98. The fraction of sp³-hybridized carbons (Fsp3) is 0.286. The number of hydrogen-bond donors (Lipinski definition) is 2. The first-order valence-corrected chi connectivity index (χ1v) is 8.91. The Bertz CT molecular complexity index is 805. The highest BCUT2D eigenvalue weighted by Gasteiger charge is 2.23. The number of anilines is 1. The van der Waals surface area contributed by atoms with Gasteiger partial charge in [0.2, 0.25) is 5.91 Å². The number of nitrogens with one attached hydrogen (secondary N) is 1. The second-order valence-electron chi connectivity index (χ2n) is 6.35. The molecule has 0 saturated heterocycles. The topological polar surface area (TPSA) is 86.7 Å².